The van der Waals surface area contributed by atoms with Crippen LogP contribution in [0.1, 0.15) is 20.0 Å². The zero-order valence-corrected chi connectivity index (χ0v) is 12.2. The topological polar surface area (TPSA) is 61.8 Å². The molecule has 0 aliphatic rings. The number of ether oxygens (including phenoxy) is 3. The maximum Gasteiger partial charge on any atom is 0.353 e. The Hall–Kier alpha value is -2.18. The highest BCUT2D eigenvalue weighted by Gasteiger charge is 2.12. The number of benzene rings is 1. The summed E-state index contributed by atoms with van der Waals surface area (Å²) in [6.45, 7) is 0.507. The number of hydrogen-bond acceptors (Lipinski definition) is 6. The van der Waals surface area contributed by atoms with Crippen molar-refractivity contribution in [1.82, 2.24) is 0 Å². The van der Waals surface area contributed by atoms with Crippen molar-refractivity contribution in [2.24, 2.45) is 0 Å². The SMILES string of the molecule is COCCOC(=O)c1cccc(OC(=O)c2cccs2)c1. The summed E-state index contributed by atoms with van der Waals surface area (Å²) >= 11 is 1.29. The fraction of sp³-hybridized carbons (Fsp3) is 0.200. The third kappa shape index (κ3) is 4.40. The number of carbonyl (C=O) groups is 2. The van der Waals surface area contributed by atoms with E-state index in [1.165, 1.54) is 24.5 Å². The largest absolute Gasteiger partial charge is 0.460 e. The molecule has 2 rings (SSSR count). The molecule has 0 aliphatic heterocycles. The maximum atomic E-state index is 11.8. The zero-order chi connectivity index (χ0) is 15.1. The van der Waals surface area contributed by atoms with Gasteiger partial charge < -0.3 is 14.2 Å². The Bertz CT molecular complexity index is 606. The van der Waals surface area contributed by atoms with Crippen molar-refractivity contribution >= 4 is 23.3 Å². The fourth-order valence-electron chi connectivity index (χ4n) is 1.54. The molecule has 21 heavy (non-hydrogen) atoms. The molecule has 2 aromatic rings. The molecule has 0 aliphatic carbocycles. The first-order chi connectivity index (χ1) is 10.2. The van der Waals surface area contributed by atoms with Gasteiger partial charge in [0, 0.05) is 7.11 Å². The number of thiophene rings is 1. The Morgan fingerprint density at radius 3 is 2.67 bits per heavy atom. The van der Waals surface area contributed by atoms with E-state index in [0.29, 0.717) is 22.8 Å². The second-order valence-electron chi connectivity index (χ2n) is 4.02. The van der Waals surface area contributed by atoms with Gasteiger partial charge in [-0.05, 0) is 29.6 Å². The second kappa shape index (κ2) is 7.56. The Morgan fingerprint density at radius 1 is 1.10 bits per heavy atom. The number of esters is 2. The van der Waals surface area contributed by atoms with Gasteiger partial charge in [0.25, 0.3) is 0 Å². The molecule has 6 heteroatoms. The summed E-state index contributed by atoms with van der Waals surface area (Å²) in [5.74, 6) is -0.634. The second-order valence-corrected chi connectivity index (χ2v) is 4.97. The van der Waals surface area contributed by atoms with Crippen LogP contribution in [0.15, 0.2) is 41.8 Å². The van der Waals surface area contributed by atoms with Gasteiger partial charge in [0.2, 0.25) is 0 Å². The fourth-order valence-corrected chi connectivity index (χ4v) is 2.14. The first-order valence-corrected chi connectivity index (χ1v) is 7.10. The van der Waals surface area contributed by atoms with Crippen molar-refractivity contribution in [3.8, 4) is 5.75 Å². The van der Waals surface area contributed by atoms with Crippen LogP contribution in [0.5, 0.6) is 5.75 Å². The number of hydrogen-bond donors (Lipinski definition) is 0. The highest BCUT2D eigenvalue weighted by molar-refractivity contribution is 7.12. The van der Waals surface area contributed by atoms with Gasteiger partial charge in [0.15, 0.2) is 0 Å². The van der Waals surface area contributed by atoms with E-state index in [4.69, 9.17) is 14.2 Å². The molecule has 0 bridgehead atoms. The van der Waals surface area contributed by atoms with Crippen molar-refractivity contribution in [2.75, 3.05) is 20.3 Å². The van der Waals surface area contributed by atoms with E-state index in [-0.39, 0.29) is 6.61 Å². The van der Waals surface area contributed by atoms with Crippen LogP contribution in [0.4, 0.5) is 0 Å². The van der Waals surface area contributed by atoms with Crippen LogP contribution >= 0.6 is 11.3 Å². The lowest BCUT2D eigenvalue weighted by atomic mass is 10.2. The van der Waals surface area contributed by atoms with Gasteiger partial charge in [-0.2, -0.15) is 0 Å². The van der Waals surface area contributed by atoms with Crippen LogP contribution < -0.4 is 4.74 Å². The first-order valence-electron chi connectivity index (χ1n) is 6.22. The average molecular weight is 306 g/mol. The predicted molar refractivity (Wildman–Crippen MR) is 77.9 cm³/mol. The van der Waals surface area contributed by atoms with Crippen LogP contribution in [0, 0.1) is 0 Å². The highest BCUT2D eigenvalue weighted by Crippen LogP contribution is 2.17. The molecule has 0 radical (unpaired) electrons. The van der Waals surface area contributed by atoms with Crippen molar-refractivity contribution in [3.63, 3.8) is 0 Å². The lowest BCUT2D eigenvalue weighted by molar-refractivity contribution is 0.0387. The van der Waals surface area contributed by atoms with Crippen LogP contribution in [-0.4, -0.2) is 32.3 Å². The van der Waals surface area contributed by atoms with Crippen LogP contribution in [0.3, 0.4) is 0 Å². The number of rotatable bonds is 6. The summed E-state index contributed by atoms with van der Waals surface area (Å²) in [5, 5.41) is 1.79. The third-order valence-electron chi connectivity index (χ3n) is 2.52. The minimum absolute atomic E-state index is 0.175. The van der Waals surface area contributed by atoms with E-state index in [1.807, 2.05) is 0 Å². The lowest BCUT2D eigenvalue weighted by Gasteiger charge is -2.06. The standard InChI is InChI=1S/C15H14O5S/c1-18-7-8-19-14(16)11-4-2-5-12(10-11)20-15(17)13-6-3-9-21-13/h2-6,9-10H,7-8H2,1H3. The van der Waals surface area contributed by atoms with Crippen molar-refractivity contribution < 1.29 is 23.8 Å². The average Bonchev–Trinajstić information content (AvgIpc) is 3.02. The van der Waals surface area contributed by atoms with E-state index in [9.17, 15) is 9.59 Å². The molecule has 5 nitrogen and oxygen atoms in total. The summed E-state index contributed by atoms with van der Waals surface area (Å²) in [6.07, 6.45) is 0. The van der Waals surface area contributed by atoms with Crippen LogP contribution in [0.25, 0.3) is 0 Å². The number of carbonyl (C=O) groups excluding carboxylic acids is 2. The van der Waals surface area contributed by atoms with Gasteiger partial charge in [-0.15, -0.1) is 11.3 Å². The van der Waals surface area contributed by atoms with Crippen molar-refractivity contribution in [1.29, 1.82) is 0 Å². The quantitative estimate of drug-likeness (QED) is 0.466. The summed E-state index contributed by atoms with van der Waals surface area (Å²) < 4.78 is 15.0. The predicted octanol–water partition coefficient (Wildman–Crippen LogP) is 2.77. The summed E-state index contributed by atoms with van der Waals surface area (Å²) in [6, 6.07) is 9.75. The lowest BCUT2D eigenvalue weighted by Crippen LogP contribution is -2.11. The van der Waals surface area contributed by atoms with Gasteiger partial charge in [-0.3, -0.25) is 0 Å². The molecule has 0 saturated carbocycles. The summed E-state index contributed by atoms with van der Waals surface area (Å²) in [4.78, 5) is 24.1. The van der Waals surface area contributed by atoms with E-state index in [2.05, 4.69) is 0 Å². The molecular weight excluding hydrogens is 292 g/mol. The molecule has 1 aromatic heterocycles. The number of methoxy groups -OCH3 is 1. The van der Waals surface area contributed by atoms with Gasteiger partial charge >= 0.3 is 11.9 Å². The Morgan fingerprint density at radius 2 is 1.95 bits per heavy atom. The molecule has 0 amide bonds. The molecular formula is C15H14O5S. The molecule has 0 spiro atoms. The van der Waals surface area contributed by atoms with Gasteiger partial charge in [-0.25, -0.2) is 9.59 Å². The third-order valence-corrected chi connectivity index (χ3v) is 3.37. The molecule has 0 fully saturated rings. The van der Waals surface area contributed by atoms with E-state index >= 15 is 0 Å². The smallest absolute Gasteiger partial charge is 0.353 e. The Kier molecular flexibility index (Phi) is 5.48. The monoisotopic (exact) mass is 306 g/mol. The molecule has 0 saturated heterocycles. The highest BCUT2D eigenvalue weighted by atomic mass is 32.1. The first kappa shape index (κ1) is 15.2. The summed E-state index contributed by atoms with van der Waals surface area (Å²) in [5.41, 5.74) is 0.322. The Balaban J connectivity index is 2.00. The molecule has 1 heterocycles. The zero-order valence-electron chi connectivity index (χ0n) is 11.4. The van der Waals surface area contributed by atoms with E-state index in [1.54, 1.807) is 35.7 Å². The minimum atomic E-state index is -0.485. The van der Waals surface area contributed by atoms with E-state index in [0.717, 1.165) is 0 Å². The van der Waals surface area contributed by atoms with Gasteiger partial charge in [0.05, 0.1) is 12.2 Å². The Labute approximate surface area is 126 Å². The normalized spacial score (nSPS) is 10.1. The van der Waals surface area contributed by atoms with E-state index < -0.39 is 11.9 Å². The summed E-state index contributed by atoms with van der Waals surface area (Å²) in [7, 11) is 1.53. The van der Waals surface area contributed by atoms with Crippen molar-refractivity contribution in [2.45, 2.75) is 0 Å². The minimum Gasteiger partial charge on any atom is -0.460 e. The van der Waals surface area contributed by atoms with Crippen LogP contribution in [-0.2, 0) is 9.47 Å². The molecule has 0 atom stereocenters. The van der Waals surface area contributed by atoms with Crippen molar-refractivity contribution in [3.05, 3.63) is 52.2 Å². The van der Waals surface area contributed by atoms with Gasteiger partial charge in [0.1, 0.15) is 17.2 Å². The van der Waals surface area contributed by atoms with Gasteiger partial charge in [-0.1, -0.05) is 12.1 Å². The maximum absolute atomic E-state index is 11.8. The molecule has 1 aromatic carbocycles. The molecule has 0 N–H and O–H groups in total. The molecule has 110 valence electrons. The molecule has 0 unspecified atom stereocenters. The van der Waals surface area contributed by atoms with Crippen LogP contribution in [0.2, 0.25) is 0 Å².